The van der Waals surface area contributed by atoms with Gasteiger partial charge in [0.05, 0.1) is 13.5 Å². The average Bonchev–Trinajstić information content (AvgIpc) is 2.29. The predicted octanol–water partition coefficient (Wildman–Crippen LogP) is 1.01. The first-order chi connectivity index (χ1) is 8.17. The Balaban J connectivity index is 2.51. The first kappa shape index (κ1) is 13.5. The second kappa shape index (κ2) is 6.91. The van der Waals surface area contributed by atoms with E-state index in [2.05, 4.69) is 5.32 Å². The molecule has 0 saturated carbocycles. The van der Waals surface area contributed by atoms with Crippen molar-refractivity contribution in [2.75, 3.05) is 20.2 Å². The summed E-state index contributed by atoms with van der Waals surface area (Å²) in [7, 11) is 1.64. The largest absolute Gasteiger partial charge is 0.496 e. The van der Waals surface area contributed by atoms with E-state index in [-0.39, 0.29) is 5.91 Å². The van der Waals surface area contributed by atoms with E-state index in [1.54, 1.807) is 7.11 Å². The Kier molecular flexibility index (Phi) is 5.49. The van der Waals surface area contributed by atoms with Gasteiger partial charge in [-0.05, 0) is 37.1 Å². The summed E-state index contributed by atoms with van der Waals surface area (Å²) in [5.41, 5.74) is 7.39. The molecule has 0 aliphatic rings. The summed E-state index contributed by atoms with van der Waals surface area (Å²) >= 11 is 0. The van der Waals surface area contributed by atoms with Crippen molar-refractivity contribution in [3.05, 3.63) is 29.3 Å². The zero-order valence-electron chi connectivity index (χ0n) is 10.5. The van der Waals surface area contributed by atoms with E-state index in [4.69, 9.17) is 10.5 Å². The molecule has 0 aliphatic carbocycles. The van der Waals surface area contributed by atoms with Crippen molar-refractivity contribution in [1.82, 2.24) is 5.32 Å². The van der Waals surface area contributed by atoms with E-state index >= 15 is 0 Å². The van der Waals surface area contributed by atoms with Crippen molar-refractivity contribution >= 4 is 5.91 Å². The van der Waals surface area contributed by atoms with Crippen molar-refractivity contribution in [3.8, 4) is 5.75 Å². The molecule has 1 rings (SSSR count). The Morgan fingerprint density at radius 1 is 1.47 bits per heavy atom. The van der Waals surface area contributed by atoms with Gasteiger partial charge in [-0.25, -0.2) is 0 Å². The van der Waals surface area contributed by atoms with Crippen LogP contribution in [0.4, 0.5) is 0 Å². The summed E-state index contributed by atoms with van der Waals surface area (Å²) in [5, 5.41) is 2.83. The van der Waals surface area contributed by atoms with Gasteiger partial charge in [-0.3, -0.25) is 4.79 Å². The number of hydrogen-bond acceptors (Lipinski definition) is 3. The van der Waals surface area contributed by atoms with Crippen LogP contribution in [0.5, 0.6) is 5.75 Å². The number of nitrogens with two attached hydrogens (primary N) is 1. The summed E-state index contributed by atoms with van der Waals surface area (Å²) in [6, 6.07) is 5.77. The molecule has 0 bridgehead atoms. The summed E-state index contributed by atoms with van der Waals surface area (Å²) in [5.74, 6) is 0.875. The van der Waals surface area contributed by atoms with Crippen LogP contribution in [0.2, 0.25) is 0 Å². The van der Waals surface area contributed by atoms with E-state index in [1.807, 2.05) is 25.1 Å². The molecule has 4 nitrogen and oxygen atoms in total. The highest BCUT2D eigenvalue weighted by Crippen LogP contribution is 2.18. The smallest absolute Gasteiger partial charge is 0.224 e. The molecule has 0 unspecified atom stereocenters. The summed E-state index contributed by atoms with van der Waals surface area (Å²) in [4.78, 5) is 11.6. The minimum Gasteiger partial charge on any atom is -0.496 e. The van der Waals surface area contributed by atoms with Crippen molar-refractivity contribution in [1.29, 1.82) is 0 Å². The van der Waals surface area contributed by atoms with Crippen LogP contribution in [0, 0.1) is 6.92 Å². The van der Waals surface area contributed by atoms with Gasteiger partial charge in [0, 0.05) is 6.54 Å². The molecule has 0 aliphatic heterocycles. The first-order valence-corrected chi connectivity index (χ1v) is 5.77. The standard InChI is InChI=1S/C13H20N2O2/c1-10-8-11(4-5-12(10)17-2)9-13(16)15-7-3-6-14/h4-5,8H,3,6-7,9,14H2,1-2H3,(H,15,16). The fraction of sp³-hybridized carbons (Fsp3) is 0.462. The fourth-order valence-corrected chi connectivity index (χ4v) is 1.63. The van der Waals surface area contributed by atoms with E-state index in [1.165, 1.54) is 0 Å². The molecule has 17 heavy (non-hydrogen) atoms. The lowest BCUT2D eigenvalue weighted by Crippen LogP contribution is -2.27. The topological polar surface area (TPSA) is 64.3 Å². The Hall–Kier alpha value is -1.55. The third-order valence-corrected chi connectivity index (χ3v) is 2.53. The van der Waals surface area contributed by atoms with Gasteiger partial charge in [-0.1, -0.05) is 12.1 Å². The van der Waals surface area contributed by atoms with Crippen LogP contribution < -0.4 is 15.8 Å². The zero-order chi connectivity index (χ0) is 12.7. The molecule has 0 radical (unpaired) electrons. The van der Waals surface area contributed by atoms with Gasteiger partial charge in [-0.15, -0.1) is 0 Å². The van der Waals surface area contributed by atoms with Crippen LogP contribution in [0.1, 0.15) is 17.5 Å². The summed E-state index contributed by atoms with van der Waals surface area (Å²) in [6.45, 7) is 3.21. The molecule has 1 amide bonds. The van der Waals surface area contributed by atoms with Gasteiger partial charge in [-0.2, -0.15) is 0 Å². The minimum absolute atomic E-state index is 0.0306. The van der Waals surface area contributed by atoms with Gasteiger partial charge in [0.15, 0.2) is 0 Å². The number of nitrogens with one attached hydrogen (secondary N) is 1. The van der Waals surface area contributed by atoms with E-state index in [0.29, 0.717) is 19.5 Å². The maximum absolute atomic E-state index is 11.6. The number of aryl methyl sites for hydroxylation is 1. The molecule has 0 atom stereocenters. The van der Waals surface area contributed by atoms with Crippen LogP contribution in [0.15, 0.2) is 18.2 Å². The quantitative estimate of drug-likeness (QED) is 0.725. The molecule has 1 aromatic rings. The number of amides is 1. The number of methoxy groups -OCH3 is 1. The number of rotatable bonds is 6. The lowest BCUT2D eigenvalue weighted by Gasteiger charge is -2.08. The highest BCUT2D eigenvalue weighted by molar-refractivity contribution is 5.78. The van der Waals surface area contributed by atoms with Crippen LogP contribution in [-0.2, 0) is 11.2 Å². The van der Waals surface area contributed by atoms with Crippen LogP contribution >= 0.6 is 0 Å². The monoisotopic (exact) mass is 236 g/mol. The van der Waals surface area contributed by atoms with Gasteiger partial charge in [0.25, 0.3) is 0 Å². The summed E-state index contributed by atoms with van der Waals surface area (Å²) < 4.78 is 5.17. The molecule has 4 heteroatoms. The van der Waals surface area contributed by atoms with Gasteiger partial charge < -0.3 is 15.8 Å². The molecule has 0 fully saturated rings. The van der Waals surface area contributed by atoms with Crippen LogP contribution in [0.25, 0.3) is 0 Å². The Morgan fingerprint density at radius 3 is 2.82 bits per heavy atom. The second-order valence-electron chi connectivity index (χ2n) is 3.97. The third kappa shape index (κ3) is 4.44. The van der Waals surface area contributed by atoms with Gasteiger partial charge in [0.1, 0.15) is 5.75 Å². The van der Waals surface area contributed by atoms with Crippen LogP contribution in [-0.4, -0.2) is 26.1 Å². The lowest BCUT2D eigenvalue weighted by molar-refractivity contribution is -0.120. The Labute approximate surface area is 102 Å². The normalized spacial score (nSPS) is 10.1. The van der Waals surface area contributed by atoms with E-state index in [0.717, 1.165) is 23.3 Å². The molecule has 0 saturated heterocycles. The molecule has 1 aromatic carbocycles. The van der Waals surface area contributed by atoms with Crippen molar-refractivity contribution in [2.24, 2.45) is 5.73 Å². The highest BCUT2D eigenvalue weighted by atomic mass is 16.5. The second-order valence-corrected chi connectivity index (χ2v) is 3.97. The molecule has 0 aromatic heterocycles. The first-order valence-electron chi connectivity index (χ1n) is 5.77. The Bertz CT molecular complexity index is 378. The third-order valence-electron chi connectivity index (χ3n) is 2.53. The maximum Gasteiger partial charge on any atom is 0.224 e. The van der Waals surface area contributed by atoms with Crippen LogP contribution in [0.3, 0.4) is 0 Å². The molecule has 0 spiro atoms. The van der Waals surface area contributed by atoms with Crippen molar-refractivity contribution in [2.45, 2.75) is 19.8 Å². The molecule has 94 valence electrons. The zero-order valence-corrected chi connectivity index (χ0v) is 10.5. The highest BCUT2D eigenvalue weighted by Gasteiger charge is 2.05. The Morgan fingerprint density at radius 2 is 2.24 bits per heavy atom. The van der Waals surface area contributed by atoms with Gasteiger partial charge in [0.2, 0.25) is 5.91 Å². The molecular formula is C13H20N2O2. The number of carbonyl (C=O) groups excluding carboxylic acids is 1. The van der Waals surface area contributed by atoms with Crippen molar-refractivity contribution in [3.63, 3.8) is 0 Å². The number of hydrogen-bond donors (Lipinski definition) is 2. The SMILES string of the molecule is COc1ccc(CC(=O)NCCCN)cc1C. The summed E-state index contributed by atoms with van der Waals surface area (Å²) in [6.07, 6.45) is 1.21. The number of ether oxygens (including phenoxy) is 1. The number of benzene rings is 1. The van der Waals surface area contributed by atoms with E-state index in [9.17, 15) is 4.79 Å². The van der Waals surface area contributed by atoms with E-state index < -0.39 is 0 Å². The lowest BCUT2D eigenvalue weighted by atomic mass is 10.1. The minimum atomic E-state index is 0.0306. The predicted molar refractivity (Wildman–Crippen MR) is 68.1 cm³/mol. The van der Waals surface area contributed by atoms with Crippen molar-refractivity contribution < 1.29 is 9.53 Å². The van der Waals surface area contributed by atoms with Gasteiger partial charge >= 0.3 is 0 Å². The molecule has 3 N–H and O–H groups in total. The fourth-order valence-electron chi connectivity index (χ4n) is 1.63. The average molecular weight is 236 g/mol. The molecule has 0 heterocycles. The molecular weight excluding hydrogens is 216 g/mol. The maximum atomic E-state index is 11.6. The number of carbonyl (C=O) groups is 1.